The topological polar surface area (TPSA) is 76.0 Å². The Hall–Kier alpha value is -2.80. The fraction of sp³-hybridized carbons (Fsp3) is 0.250. The van der Waals surface area contributed by atoms with Gasteiger partial charge in [0.05, 0.1) is 16.8 Å². The Morgan fingerprint density at radius 2 is 1.74 bits per heavy atom. The predicted octanol–water partition coefficient (Wildman–Crippen LogP) is 2.85. The van der Waals surface area contributed by atoms with Crippen molar-refractivity contribution in [2.24, 2.45) is 0 Å². The Morgan fingerprint density at radius 3 is 2.52 bits per heavy atom. The van der Waals surface area contributed by atoms with Crippen LogP contribution in [-0.2, 0) is 22.6 Å². The largest absolute Gasteiger partial charge is 0.318 e. The molecule has 1 aromatic heterocycles. The van der Waals surface area contributed by atoms with Crippen molar-refractivity contribution >= 4 is 34.6 Å². The Labute approximate surface area is 162 Å². The number of amides is 2. The number of aromatic nitrogens is 2. The van der Waals surface area contributed by atoms with Gasteiger partial charge in [-0.1, -0.05) is 37.3 Å². The zero-order chi connectivity index (χ0) is 19.2. The van der Waals surface area contributed by atoms with Crippen LogP contribution in [-0.4, -0.2) is 27.1 Å². The van der Waals surface area contributed by atoms with Crippen molar-refractivity contribution in [3.05, 3.63) is 59.9 Å². The molecule has 0 aliphatic rings. The third-order valence-electron chi connectivity index (χ3n) is 4.15. The number of hydrogen-bond acceptors (Lipinski definition) is 4. The molecule has 0 fully saturated rings. The Balaban J connectivity index is 1.54. The van der Waals surface area contributed by atoms with Gasteiger partial charge in [-0.3, -0.25) is 20.4 Å². The summed E-state index contributed by atoms with van der Waals surface area (Å²) in [6, 6.07) is 15.6. The number of nitrogens with zero attached hydrogens (tertiary/aromatic N) is 2. The van der Waals surface area contributed by atoms with E-state index in [9.17, 15) is 9.59 Å². The van der Waals surface area contributed by atoms with E-state index in [0.29, 0.717) is 0 Å². The second kappa shape index (κ2) is 8.73. The van der Waals surface area contributed by atoms with E-state index in [-0.39, 0.29) is 24.1 Å². The van der Waals surface area contributed by atoms with Crippen molar-refractivity contribution in [1.29, 1.82) is 0 Å². The van der Waals surface area contributed by atoms with E-state index in [1.54, 1.807) is 0 Å². The number of para-hydroxylation sites is 2. The Kier molecular flexibility index (Phi) is 6.13. The number of benzene rings is 2. The molecule has 6 nitrogen and oxygen atoms in total. The third kappa shape index (κ3) is 4.68. The molecule has 2 amide bonds. The summed E-state index contributed by atoms with van der Waals surface area (Å²) in [6.45, 7) is 4.11. The minimum absolute atomic E-state index is 0.106. The lowest BCUT2D eigenvalue weighted by molar-refractivity contribution is -0.128. The summed E-state index contributed by atoms with van der Waals surface area (Å²) in [4.78, 5) is 29.9. The average Bonchev–Trinajstić information content (AvgIpc) is 3.03. The lowest BCUT2D eigenvalue weighted by Crippen LogP contribution is -2.44. The molecule has 0 unspecified atom stereocenters. The molecule has 3 rings (SSSR count). The monoisotopic (exact) mass is 382 g/mol. The molecule has 0 aliphatic heterocycles. The molecule has 7 heteroatoms. The van der Waals surface area contributed by atoms with E-state index in [2.05, 4.69) is 15.8 Å². The SMILES string of the molecule is CCc1nc2ccccc2n1CC(=O)NNC(=O)CSc1ccccc1C. The average molecular weight is 382 g/mol. The van der Waals surface area contributed by atoms with E-state index in [0.717, 1.165) is 33.7 Å². The molecule has 0 saturated heterocycles. The van der Waals surface area contributed by atoms with Crippen molar-refractivity contribution in [2.75, 3.05) is 5.75 Å². The maximum atomic E-state index is 12.3. The van der Waals surface area contributed by atoms with Gasteiger partial charge in [-0.2, -0.15) is 0 Å². The first-order valence-corrected chi connectivity index (χ1v) is 9.77. The van der Waals surface area contributed by atoms with E-state index < -0.39 is 0 Å². The summed E-state index contributed by atoms with van der Waals surface area (Å²) in [5.41, 5.74) is 7.86. The van der Waals surface area contributed by atoms with Gasteiger partial charge in [-0.05, 0) is 30.7 Å². The standard InChI is InChI=1S/C20H22N4O2S/c1-3-18-21-15-9-5-6-10-16(15)24(18)12-19(25)22-23-20(26)13-27-17-11-7-4-8-14(17)2/h4-11H,3,12-13H2,1-2H3,(H,22,25)(H,23,26). The first-order chi connectivity index (χ1) is 13.1. The van der Waals surface area contributed by atoms with Crippen LogP contribution in [0.3, 0.4) is 0 Å². The quantitative estimate of drug-likeness (QED) is 0.508. The number of carbonyl (C=O) groups excluding carboxylic acids is 2. The molecular formula is C20H22N4O2S. The molecule has 2 N–H and O–H groups in total. The highest BCUT2D eigenvalue weighted by Crippen LogP contribution is 2.21. The van der Waals surface area contributed by atoms with Gasteiger partial charge in [-0.15, -0.1) is 11.8 Å². The number of rotatable bonds is 6. The summed E-state index contributed by atoms with van der Waals surface area (Å²) in [5, 5.41) is 0. The number of hydrazine groups is 1. The second-order valence-electron chi connectivity index (χ2n) is 6.11. The molecule has 0 saturated carbocycles. The Morgan fingerprint density at radius 1 is 1.04 bits per heavy atom. The van der Waals surface area contributed by atoms with Gasteiger partial charge >= 0.3 is 0 Å². The molecule has 140 valence electrons. The smallest absolute Gasteiger partial charge is 0.258 e. The fourth-order valence-corrected chi connectivity index (χ4v) is 3.62. The fourth-order valence-electron chi connectivity index (χ4n) is 2.79. The first-order valence-electron chi connectivity index (χ1n) is 8.78. The van der Waals surface area contributed by atoms with E-state index in [1.807, 2.05) is 66.9 Å². The number of hydrogen-bond donors (Lipinski definition) is 2. The highest BCUT2D eigenvalue weighted by atomic mass is 32.2. The summed E-state index contributed by atoms with van der Waals surface area (Å²) in [7, 11) is 0. The number of imidazole rings is 1. The molecule has 0 aliphatic carbocycles. The van der Waals surface area contributed by atoms with E-state index in [4.69, 9.17) is 0 Å². The van der Waals surface area contributed by atoms with Crippen molar-refractivity contribution in [3.8, 4) is 0 Å². The second-order valence-corrected chi connectivity index (χ2v) is 7.12. The summed E-state index contributed by atoms with van der Waals surface area (Å²) < 4.78 is 1.87. The number of aryl methyl sites for hydroxylation is 2. The Bertz CT molecular complexity index is 968. The van der Waals surface area contributed by atoms with Crippen molar-refractivity contribution in [3.63, 3.8) is 0 Å². The third-order valence-corrected chi connectivity index (χ3v) is 5.32. The molecule has 0 bridgehead atoms. The molecule has 27 heavy (non-hydrogen) atoms. The summed E-state index contributed by atoms with van der Waals surface area (Å²) in [6.07, 6.45) is 0.724. The van der Waals surface area contributed by atoms with Crippen LogP contribution < -0.4 is 10.9 Å². The molecule has 0 spiro atoms. The highest BCUT2D eigenvalue weighted by molar-refractivity contribution is 8.00. The van der Waals surface area contributed by atoms with Crippen LogP contribution in [0.1, 0.15) is 18.3 Å². The summed E-state index contributed by atoms with van der Waals surface area (Å²) >= 11 is 1.44. The number of nitrogens with one attached hydrogen (secondary N) is 2. The minimum atomic E-state index is -0.290. The van der Waals surface area contributed by atoms with Crippen LogP contribution in [0.4, 0.5) is 0 Å². The van der Waals surface area contributed by atoms with Crippen LogP contribution in [0.15, 0.2) is 53.4 Å². The van der Waals surface area contributed by atoms with Crippen molar-refractivity contribution < 1.29 is 9.59 Å². The molecule has 2 aromatic carbocycles. The van der Waals surface area contributed by atoms with E-state index >= 15 is 0 Å². The maximum Gasteiger partial charge on any atom is 0.258 e. The number of thioether (sulfide) groups is 1. The van der Waals surface area contributed by atoms with Crippen LogP contribution in [0.5, 0.6) is 0 Å². The van der Waals surface area contributed by atoms with Crippen LogP contribution in [0.2, 0.25) is 0 Å². The maximum absolute atomic E-state index is 12.3. The van der Waals surface area contributed by atoms with Gasteiger partial charge in [0, 0.05) is 11.3 Å². The molecule has 0 radical (unpaired) electrons. The zero-order valence-electron chi connectivity index (χ0n) is 15.4. The number of fused-ring (bicyclic) bond motifs is 1. The van der Waals surface area contributed by atoms with Gasteiger partial charge in [-0.25, -0.2) is 4.98 Å². The van der Waals surface area contributed by atoms with Gasteiger partial charge in [0.1, 0.15) is 12.4 Å². The highest BCUT2D eigenvalue weighted by Gasteiger charge is 2.13. The first kappa shape index (κ1) is 19.0. The van der Waals surface area contributed by atoms with Gasteiger partial charge in [0.25, 0.3) is 5.91 Å². The molecule has 1 heterocycles. The lowest BCUT2D eigenvalue weighted by Gasteiger charge is -2.10. The number of carbonyl (C=O) groups is 2. The van der Waals surface area contributed by atoms with Gasteiger partial charge in [0.2, 0.25) is 5.91 Å². The summed E-state index contributed by atoms with van der Waals surface area (Å²) in [5.74, 6) is 0.539. The van der Waals surface area contributed by atoms with Crippen LogP contribution >= 0.6 is 11.8 Å². The zero-order valence-corrected chi connectivity index (χ0v) is 16.2. The van der Waals surface area contributed by atoms with Crippen molar-refractivity contribution in [2.45, 2.75) is 31.7 Å². The van der Waals surface area contributed by atoms with Crippen molar-refractivity contribution in [1.82, 2.24) is 20.4 Å². The minimum Gasteiger partial charge on any atom is -0.318 e. The lowest BCUT2D eigenvalue weighted by atomic mass is 10.2. The van der Waals surface area contributed by atoms with E-state index in [1.165, 1.54) is 11.8 Å². The van der Waals surface area contributed by atoms with Crippen LogP contribution in [0, 0.1) is 6.92 Å². The molecular weight excluding hydrogens is 360 g/mol. The van der Waals surface area contributed by atoms with Gasteiger partial charge < -0.3 is 4.57 Å². The van der Waals surface area contributed by atoms with Crippen LogP contribution in [0.25, 0.3) is 11.0 Å². The normalized spacial score (nSPS) is 10.7. The predicted molar refractivity (Wildman–Crippen MR) is 107 cm³/mol. The van der Waals surface area contributed by atoms with Gasteiger partial charge in [0.15, 0.2) is 0 Å². The molecule has 0 atom stereocenters. The molecule has 3 aromatic rings.